The van der Waals surface area contributed by atoms with Crippen LogP contribution in [-0.4, -0.2) is 14.1 Å². The van der Waals surface area contributed by atoms with Crippen LogP contribution in [0, 0.1) is 0 Å². The maximum Gasteiger partial charge on any atom is 0.0542 e. The lowest BCUT2D eigenvalue weighted by molar-refractivity contribution is 1.17. The molecule has 1 aliphatic carbocycles. The van der Waals surface area contributed by atoms with Gasteiger partial charge in [-0.25, -0.2) is 0 Å². The highest BCUT2D eigenvalue weighted by molar-refractivity contribution is 6.16. The summed E-state index contributed by atoms with van der Waals surface area (Å²) in [5, 5.41) is 7.56. The molecule has 0 unspecified atom stereocenters. The molecule has 9 aromatic rings. The fraction of sp³-hybridized carbons (Fsp3) is 0. The van der Waals surface area contributed by atoms with Crippen LogP contribution < -0.4 is 0 Å². The summed E-state index contributed by atoms with van der Waals surface area (Å²) >= 11 is 0. The van der Waals surface area contributed by atoms with E-state index in [2.05, 4.69) is 142 Å². The van der Waals surface area contributed by atoms with E-state index in [4.69, 9.17) is 0 Å². The number of aromatic nitrogens is 3. The molecule has 0 bridgehead atoms. The van der Waals surface area contributed by atoms with Crippen molar-refractivity contribution < 1.29 is 0 Å². The van der Waals surface area contributed by atoms with Crippen LogP contribution in [0.15, 0.2) is 140 Å². The van der Waals surface area contributed by atoms with Crippen LogP contribution in [0.1, 0.15) is 0 Å². The number of fused-ring (bicyclic) bond motifs is 9. The average molecular weight is 534 g/mol. The summed E-state index contributed by atoms with van der Waals surface area (Å²) in [4.78, 5) is 4.53. The van der Waals surface area contributed by atoms with Gasteiger partial charge in [0.15, 0.2) is 0 Å². The largest absolute Gasteiger partial charge is 0.309 e. The molecule has 3 nitrogen and oxygen atoms in total. The Morgan fingerprint density at radius 3 is 1.69 bits per heavy atom. The van der Waals surface area contributed by atoms with Crippen molar-refractivity contribution in [1.82, 2.24) is 14.1 Å². The second-order valence-corrected chi connectivity index (χ2v) is 11.2. The topological polar surface area (TPSA) is 22.8 Å². The molecule has 3 heteroatoms. The summed E-state index contributed by atoms with van der Waals surface area (Å²) in [7, 11) is 0. The van der Waals surface area contributed by atoms with Gasteiger partial charge in [-0.1, -0.05) is 78.9 Å². The number of nitrogens with zero attached hydrogens (tertiary/aromatic N) is 3. The molecule has 3 aromatic heterocycles. The molecular formula is C39H23N3. The van der Waals surface area contributed by atoms with Gasteiger partial charge in [-0.2, -0.15) is 0 Å². The van der Waals surface area contributed by atoms with Gasteiger partial charge in [0.2, 0.25) is 0 Å². The maximum atomic E-state index is 4.53. The standard InChI is InChI=1S/C39H23N3/c1-4-13-35-28(9-1)29-10-2-5-14-36(29)41(35)26-17-19-38-33(21-26)30-11-3-6-15-37(30)42(38)25-16-18-27-32(20-25)31-12-7-8-24-22-40-23-34(27)39(24)31/h1-23H. The number of hydrogen-bond donors (Lipinski definition) is 0. The van der Waals surface area contributed by atoms with E-state index >= 15 is 0 Å². The Morgan fingerprint density at radius 2 is 0.976 bits per heavy atom. The number of para-hydroxylation sites is 3. The second-order valence-electron chi connectivity index (χ2n) is 11.2. The molecule has 0 radical (unpaired) electrons. The van der Waals surface area contributed by atoms with Gasteiger partial charge in [0.25, 0.3) is 0 Å². The zero-order valence-electron chi connectivity index (χ0n) is 22.6. The number of rotatable bonds is 2. The number of hydrogen-bond acceptors (Lipinski definition) is 1. The second kappa shape index (κ2) is 7.96. The van der Waals surface area contributed by atoms with Crippen LogP contribution in [0.3, 0.4) is 0 Å². The third kappa shape index (κ3) is 2.77. The van der Waals surface area contributed by atoms with Gasteiger partial charge >= 0.3 is 0 Å². The summed E-state index contributed by atoms with van der Waals surface area (Å²) in [6.07, 6.45) is 3.98. The predicted octanol–water partition coefficient (Wildman–Crippen LogP) is 10.1. The van der Waals surface area contributed by atoms with E-state index in [0.29, 0.717) is 0 Å². The van der Waals surface area contributed by atoms with Crippen molar-refractivity contribution in [3.63, 3.8) is 0 Å². The maximum absolute atomic E-state index is 4.53. The normalized spacial score (nSPS) is 12.3. The minimum atomic E-state index is 1.17. The van der Waals surface area contributed by atoms with Crippen LogP contribution in [-0.2, 0) is 0 Å². The summed E-state index contributed by atoms with van der Waals surface area (Å²) in [6.45, 7) is 0. The highest BCUT2D eigenvalue weighted by atomic mass is 15.0. The number of pyridine rings is 1. The quantitative estimate of drug-likeness (QED) is 0.217. The molecule has 0 N–H and O–H groups in total. The third-order valence-corrected chi connectivity index (χ3v) is 9.12. The first kappa shape index (κ1) is 22.1. The Labute approximate surface area is 241 Å². The van der Waals surface area contributed by atoms with Crippen molar-refractivity contribution in [2.75, 3.05) is 0 Å². The van der Waals surface area contributed by atoms with Gasteiger partial charge in [0.05, 0.1) is 22.1 Å². The monoisotopic (exact) mass is 533 g/mol. The zero-order valence-corrected chi connectivity index (χ0v) is 22.6. The van der Waals surface area contributed by atoms with Gasteiger partial charge in [-0.05, 0) is 65.2 Å². The molecule has 1 aliphatic rings. The highest BCUT2D eigenvalue weighted by Crippen LogP contribution is 2.48. The summed E-state index contributed by atoms with van der Waals surface area (Å²) in [5.41, 5.74) is 12.2. The molecular weight excluding hydrogens is 510 g/mol. The van der Waals surface area contributed by atoms with Crippen LogP contribution in [0.25, 0.3) is 88.0 Å². The Bertz CT molecular complexity index is 2520. The van der Waals surface area contributed by atoms with Gasteiger partial charge in [0.1, 0.15) is 0 Å². The van der Waals surface area contributed by atoms with Crippen molar-refractivity contribution in [3.8, 4) is 33.6 Å². The number of benzene rings is 6. The van der Waals surface area contributed by atoms with Gasteiger partial charge < -0.3 is 9.13 Å². The van der Waals surface area contributed by atoms with E-state index in [1.54, 1.807) is 0 Å². The van der Waals surface area contributed by atoms with E-state index in [0.717, 1.165) is 0 Å². The Hall–Kier alpha value is -5.67. The lowest BCUT2D eigenvalue weighted by atomic mass is 10.0. The Kier molecular flexibility index (Phi) is 4.18. The first-order valence-corrected chi connectivity index (χ1v) is 14.4. The molecule has 0 atom stereocenters. The van der Waals surface area contributed by atoms with Gasteiger partial charge in [-0.3, -0.25) is 4.98 Å². The molecule has 0 saturated carbocycles. The molecule has 0 spiro atoms. The van der Waals surface area contributed by atoms with Gasteiger partial charge in [0, 0.05) is 61.6 Å². The molecule has 6 aromatic carbocycles. The fourth-order valence-electron chi connectivity index (χ4n) is 7.37. The molecule has 10 rings (SSSR count). The van der Waals surface area contributed by atoms with Crippen molar-refractivity contribution in [1.29, 1.82) is 0 Å². The van der Waals surface area contributed by atoms with Crippen LogP contribution >= 0.6 is 0 Å². The first-order chi connectivity index (χ1) is 20.8. The molecule has 42 heavy (non-hydrogen) atoms. The molecule has 0 saturated heterocycles. The van der Waals surface area contributed by atoms with E-state index in [1.165, 1.54) is 88.0 Å². The van der Waals surface area contributed by atoms with E-state index in [9.17, 15) is 0 Å². The Balaban J connectivity index is 1.24. The molecule has 3 heterocycles. The average Bonchev–Trinajstić information content (AvgIpc) is 3.68. The van der Waals surface area contributed by atoms with Crippen LogP contribution in [0.2, 0.25) is 0 Å². The lowest BCUT2D eigenvalue weighted by Gasteiger charge is -2.12. The summed E-state index contributed by atoms with van der Waals surface area (Å²) in [6, 6.07) is 46.5. The van der Waals surface area contributed by atoms with Gasteiger partial charge in [-0.15, -0.1) is 0 Å². The SMILES string of the molecule is c1cc2c3c(cncc3c1)-c1ccc(-n3c4ccccc4c4cc(-n5c6ccccc6c6ccccc65)ccc43)cc1-2. The predicted molar refractivity (Wildman–Crippen MR) is 175 cm³/mol. The fourth-order valence-corrected chi connectivity index (χ4v) is 7.37. The molecule has 0 aliphatic heterocycles. The van der Waals surface area contributed by atoms with Crippen molar-refractivity contribution in [2.45, 2.75) is 0 Å². The van der Waals surface area contributed by atoms with E-state index in [1.807, 2.05) is 12.4 Å². The molecule has 0 amide bonds. The van der Waals surface area contributed by atoms with E-state index < -0.39 is 0 Å². The molecule has 194 valence electrons. The zero-order chi connectivity index (χ0) is 27.4. The first-order valence-electron chi connectivity index (χ1n) is 14.4. The highest BCUT2D eigenvalue weighted by Gasteiger charge is 2.23. The van der Waals surface area contributed by atoms with Crippen molar-refractivity contribution in [2.24, 2.45) is 0 Å². The minimum Gasteiger partial charge on any atom is -0.309 e. The van der Waals surface area contributed by atoms with Crippen molar-refractivity contribution >= 4 is 54.4 Å². The smallest absolute Gasteiger partial charge is 0.0542 e. The minimum absolute atomic E-state index is 1.17. The molecule has 0 fully saturated rings. The third-order valence-electron chi connectivity index (χ3n) is 9.12. The Morgan fingerprint density at radius 1 is 0.381 bits per heavy atom. The summed E-state index contributed by atoms with van der Waals surface area (Å²) in [5.74, 6) is 0. The summed E-state index contributed by atoms with van der Waals surface area (Å²) < 4.78 is 4.82. The van der Waals surface area contributed by atoms with E-state index in [-0.39, 0.29) is 0 Å². The van der Waals surface area contributed by atoms with Crippen molar-refractivity contribution in [3.05, 3.63) is 140 Å². The van der Waals surface area contributed by atoms with Crippen LogP contribution in [0.5, 0.6) is 0 Å². The lowest BCUT2D eigenvalue weighted by Crippen LogP contribution is -1.96. The van der Waals surface area contributed by atoms with Crippen LogP contribution in [0.4, 0.5) is 0 Å².